The van der Waals surface area contributed by atoms with E-state index in [1.54, 1.807) is 41.9 Å². The van der Waals surface area contributed by atoms with E-state index >= 15 is 0 Å². The quantitative estimate of drug-likeness (QED) is 0.706. The number of carbonyl (C=O) groups excluding carboxylic acids is 1. The van der Waals surface area contributed by atoms with E-state index in [4.69, 9.17) is 14.2 Å². The Labute approximate surface area is 148 Å². The fraction of sp³-hybridized carbons (Fsp3) is 0.158. The Kier molecular flexibility index (Phi) is 3.57. The summed E-state index contributed by atoms with van der Waals surface area (Å²) >= 11 is 0. The van der Waals surface area contributed by atoms with Gasteiger partial charge in [-0.05, 0) is 36.4 Å². The second-order valence-corrected chi connectivity index (χ2v) is 5.85. The predicted molar refractivity (Wildman–Crippen MR) is 91.6 cm³/mol. The smallest absolute Gasteiger partial charge is 0.231 e. The molecule has 3 aromatic rings. The summed E-state index contributed by atoms with van der Waals surface area (Å²) in [6.07, 6.45) is 0. The van der Waals surface area contributed by atoms with Gasteiger partial charge in [0.25, 0.3) is 0 Å². The van der Waals surface area contributed by atoms with Crippen molar-refractivity contribution in [3.8, 4) is 28.5 Å². The molecule has 0 fully saturated rings. The van der Waals surface area contributed by atoms with E-state index in [1.807, 2.05) is 0 Å². The highest BCUT2D eigenvalue weighted by molar-refractivity contribution is 5.99. The Morgan fingerprint density at radius 2 is 1.92 bits per heavy atom. The van der Waals surface area contributed by atoms with Crippen LogP contribution in [0.25, 0.3) is 22.2 Å². The van der Waals surface area contributed by atoms with Crippen molar-refractivity contribution in [1.82, 2.24) is 4.57 Å². The number of ether oxygens (including phenoxy) is 3. The van der Waals surface area contributed by atoms with Gasteiger partial charge in [-0.1, -0.05) is 0 Å². The monoisotopic (exact) mass is 352 g/mol. The third-order valence-electron chi connectivity index (χ3n) is 4.46. The van der Waals surface area contributed by atoms with Crippen LogP contribution in [-0.2, 0) is 7.05 Å². The molecule has 0 amide bonds. The number of fused-ring (bicyclic) bond motifs is 2. The third-order valence-corrected chi connectivity index (χ3v) is 4.46. The van der Waals surface area contributed by atoms with Gasteiger partial charge >= 0.3 is 0 Å². The van der Waals surface area contributed by atoms with Gasteiger partial charge in [-0.15, -0.1) is 0 Å². The number of aromatic nitrogens is 1. The van der Waals surface area contributed by atoms with E-state index in [1.165, 1.54) is 13.2 Å². The molecule has 1 aliphatic rings. The van der Waals surface area contributed by atoms with Crippen LogP contribution in [0.4, 0.5) is 0 Å². The lowest BCUT2D eigenvalue weighted by molar-refractivity contribution is -0.255. The van der Waals surface area contributed by atoms with E-state index in [-0.39, 0.29) is 17.9 Å². The zero-order valence-electron chi connectivity index (χ0n) is 14.1. The molecule has 1 aliphatic heterocycles. The second-order valence-electron chi connectivity index (χ2n) is 5.85. The molecule has 0 N–H and O–H groups in total. The van der Waals surface area contributed by atoms with Gasteiger partial charge in [0.1, 0.15) is 5.75 Å². The van der Waals surface area contributed by atoms with Crippen molar-refractivity contribution in [2.75, 3.05) is 13.9 Å². The summed E-state index contributed by atoms with van der Waals surface area (Å²) in [5.41, 5.74) is 0.307. The summed E-state index contributed by atoms with van der Waals surface area (Å²) in [4.78, 5) is 24.7. The van der Waals surface area contributed by atoms with E-state index in [9.17, 15) is 14.7 Å². The molecule has 26 heavy (non-hydrogen) atoms. The molecule has 0 radical (unpaired) electrons. The Morgan fingerprint density at radius 3 is 2.65 bits per heavy atom. The second kappa shape index (κ2) is 5.80. The first kappa shape index (κ1) is 16.0. The highest BCUT2D eigenvalue weighted by Crippen LogP contribution is 2.37. The van der Waals surface area contributed by atoms with Gasteiger partial charge in [0, 0.05) is 12.6 Å². The summed E-state index contributed by atoms with van der Waals surface area (Å²) in [6, 6.07) is 9.96. The fourth-order valence-corrected chi connectivity index (χ4v) is 3.22. The number of rotatable bonds is 3. The van der Waals surface area contributed by atoms with Crippen LogP contribution in [0.3, 0.4) is 0 Å². The maximum absolute atomic E-state index is 12.9. The minimum Gasteiger partial charge on any atom is -0.545 e. The lowest BCUT2D eigenvalue weighted by atomic mass is 10.0. The van der Waals surface area contributed by atoms with Crippen LogP contribution in [0.2, 0.25) is 0 Å². The summed E-state index contributed by atoms with van der Waals surface area (Å²) in [5.74, 6) is -0.00827. The Balaban J connectivity index is 2.08. The van der Waals surface area contributed by atoms with Crippen LogP contribution in [0, 0.1) is 0 Å². The van der Waals surface area contributed by atoms with Crippen molar-refractivity contribution in [2.45, 2.75) is 0 Å². The maximum atomic E-state index is 12.9. The van der Waals surface area contributed by atoms with Gasteiger partial charge in [0.05, 0.1) is 35.2 Å². The molecule has 0 aliphatic carbocycles. The highest BCUT2D eigenvalue weighted by Gasteiger charge is 2.21. The molecule has 0 saturated carbocycles. The van der Waals surface area contributed by atoms with E-state index in [0.717, 1.165) is 0 Å². The molecule has 0 spiro atoms. The van der Waals surface area contributed by atoms with Crippen molar-refractivity contribution in [3.63, 3.8) is 0 Å². The zero-order chi connectivity index (χ0) is 18.4. The van der Waals surface area contributed by atoms with Crippen LogP contribution in [0.5, 0.6) is 17.2 Å². The molecule has 2 aromatic carbocycles. The van der Waals surface area contributed by atoms with Gasteiger partial charge in [-0.2, -0.15) is 0 Å². The van der Waals surface area contributed by atoms with Crippen LogP contribution < -0.4 is 24.7 Å². The number of hydrogen-bond acceptors (Lipinski definition) is 6. The van der Waals surface area contributed by atoms with Gasteiger partial charge < -0.3 is 28.7 Å². The van der Waals surface area contributed by atoms with Gasteiger partial charge in [-0.25, -0.2) is 0 Å². The average Bonchev–Trinajstić information content (AvgIpc) is 3.11. The molecular formula is C19H14NO6-. The number of aromatic carboxylic acids is 1. The lowest BCUT2D eigenvalue weighted by Gasteiger charge is -2.18. The number of pyridine rings is 1. The Bertz CT molecular complexity index is 1120. The minimum absolute atomic E-state index is 0.0998. The summed E-state index contributed by atoms with van der Waals surface area (Å²) in [5, 5.41) is 12.0. The number of hydrogen-bond donors (Lipinski definition) is 0. The number of benzene rings is 2. The largest absolute Gasteiger partial charge is 0.545 e. The molecule has 1 aromatic heterocycles. The van der Waals surface area contributed by atoms with Crippen LogP contribution >= 0.6 is 0 Å². The topological polar surface area (TPSA) is 89.8 Å². The number of aryl methyl sites for hydroxylation is 1. The van der Waals surface area contributed by atoms with Crippen molar-refractivity contribution in [3.05, 3.63) is 52.2 Å². The van der Waals surface area contributed by atoms with Gasteiger partial charge in [0.2, 0.25) is 6.79 Å². The van der Waals surface area contributed by atoms with Crippen molar-refractivity contribution in [2.24, 2.45) is 7.05 Å². The third kappa shape index (κ3) is 2.28. The normalized spacial score (nSPS) is 12.4. The van der Waals surface area contributed by atoms with Crippen molar-refractivity contribution < 1.29 is 24.1 Å². The molecule has 0 unspecified atom stereocenters. The van der Waals surface area contributed by atoms with Crippen molar-refractivity contribution >= 4 is 16.9 Å². The number of carboxylic acid groups (broad SMARTS) is 1. The van der Waals surface area contributed by atoms with Gasteiger partial charge in [0.15, 0.2) is 16.9 Å². The SMILES string of the molecule is COc1ccc2c(c1)c(=O)c(C(=O)[O-])c(-c1ccc3c(c1)OCO3)n2C. The number of methoxy groups -OCH3 is 1. The first-order valence-electron chi connectivity index (χ1n) is 7.83. The van der Waals surface area contributed by atoms with E-state index in [0.29, 0.717) is 28.3 Å². The number of nitrogens with zero attached hydrogens (tertiary/aromatic N) is 1. The molecule has 2 heterocycles. The first-order chi connectivity index (χ1) is 12.5. The Hall–Kier alpha value is -3.48. The molecule has 0 bridgehead atoms. The summed E-state index contributed by atoms with van der Waals surface area (Å²) in [6.45, 7) is 0.0998. The maximum Gasteiger partial charge on any atom is 0.231 e. The standard InChI is InChI=1S/C19H15NO6/c1-20-13-5-4-11(24-2)8-12(13)18(21)16(19(22)23)17(20)10-3-6-14-15(7-10)26-9-25-14/h3-8H,9H2,1-2H3,(H,22,23)/p-1. The molecular weight excluding hydrogens is 338 g/mol. The highest BCUT2D eigenvalue weighted by atomic mass is 16.7. The van der Waals surface area contributed by atoms with Crippen LogP contribution in [0.1, 0.15) is 10.4 Å². The molecule has 7 nitrogen and oxygen atoms in total. The molecule has 7 heteroatoms. The minimum atomic E-state index is -1.54. The molecule has 0 atom stereocenters. The summed E-state index contributed by atoms with van der Waals surface area (Å²) < 4.78 is 17.4. The van der Waals surface area contributed by atoms with E-state index in [2.05, 4.69) is 0 Å². The van der Waals surface area contributed by atoms with E-state index < -0.39 is 17.0 Å². The zero-order valence-corrected chi connectivity index (χ0v) is 14.1. The average molecular weight is 352 g/mol. The van der Waals surface area contributed by atoms with Crippen molar-refractivity contribution in [1.29, 1.82) is 0 Å². The molecule has 132 valence electrons. The fourth-order valence-electron chi connectivity index (χ4n) is 3.22. The van der Waals surface area contributed by atoms with Gasteiger partial charge in [-0.3, -0.25) is 4.79 Å². The Morgan fingerprint density at radius 1 is 1.15 bits per heavy atom. The lowest BCUT2D eigenvalue weighted by Crippen LogP contribution is -2.31. The summed E-state index contributed by atoms with van der Waals surface area (Å²) in [7, 11) is 3.17. The predicted octanol–water partition coefficient (Wildman–Crippen LogP) is 1.31. The number of carboxylic acids is 1. The molecule has 4 rings (SSSR count). The number of carbonyl (C=O) groups is 1. The van der Waals surface area contributed by atoms with Crippen LogP contribution in [-0.4, -0.2) is 24.4 Å². The first-order valence-corrected chi connectivity index (χ1v) is 7.83. The van der Waals surface area contributed by atoms with Crippen LogP contribution in [0.15, 0.2) is 41.2 Å². The molecule has 0 saturated heterocycles.